The predicted molar refractivity (Wildman–Crippen MR) is 83.5 cm³/mol. The molecule has 1 saturated heterocycles. The van der Waals surface area contributed by atoms with Gasteiger partial charge in [0.1, 0.15) is 6.04 Å². The van der Waals surface area contributed by atoms with Crippen LogP contribution < -0.4 is 0 Å². The predicted octanol–water partition coefficient (Wildman–Crippen LogP) is 2.94. The molecule has 1 atom stereocenters. The van der Waals surface area contributed by atoms with Crippen LogP contribution in [0.1, 0.15) is 31.2 Å². The normalized spacial score (nSPS) is 18.5. The fourth-order valence-corrected chi connectivity index (χ4v) is 3.36. The Morgan fingerprint density at radius 2 is 2.00 bits per heavy atom. The van der Waals surface area contributed by atoms with Crippen molar-refractivity contribution in [1.29, 1.82) is 0 Å². The lowest BCUT2D eigenvalue weighted by Crippen LogP contribution is -2.48. The van der Waals surface area contributed by atoms with Crippen LogP contribution in [0.4, 0.5) is 0 Å². The van der Waals surface area contributed by atoms with Crippen molar-refractivity contribution in [2.75, 3.05) is 12.3 Å². The van der Waals surface area contributed by atoms with Gasteiger partial charge in [0.2, 0.25) is 5.91 Å². The molecule has 1 amide bonds. The fourth-order valence-electron chi connectivity index (χ4n) is 2.52. The molecule has 4 nitrogen and oxygen atoms in total. The Balaban J connectivity index is 1.83. The highest BCUT2D eigenvalue weighted by atomic mass is 32.2. The third-order valence-electron chi connectivity index (χ3n) is 3.71. The van der Waals surface area contributed by atoms with E-state index in [1.54, 1.807) is 16.7 Å². The number of benzene rings is 1. The van der Waals surface area contributed by atoms with Crippen LogP contribution in [0.5, 0.6) is 0 Å². The monoisotopic (exact) mass is 307 g/mol. The van der Waals surface area contributed by atoms with E-state index in [-0.39, 0.29) is 5.91 Å². The van der Waals surface area contributed by atoms with Gasteiger partial charge in [-0.2, -0.15) is 0 Å². The van der Waals surface area contributed by atoms with Crippen molar-refractivity contribution in [2.24, 2.45) is 0 Å². The summed E-state index contributed by atoms with van der Waals surface area (Å²) >= 11 is 1.64. The highest BCUT2D eigenvalue weighted by Crippen LogP contribution is 2.22. The highest BCUT2D eigenvalue weighted by Gasteiger charge is 2.31. The summed E-state index contributed by atoms with van der Waals surface area (Å²) in [6.45, 7) is 2.62. The molecular weight excluding hydrogens is 286 g/mol. The number of hydrogen-bond acceptors (Lipinski definition) is 3. The number of rotatable bonds is 5. The van der Waals surface area contributed by atoms with Crippen molar-refractivity contribution >= 4 is 23.6 Å². The number of hydrogen-bond donors (Lipinski definition) is 1. The Labute approximate surface area is 129 Å². The second-order valence-electron chi connectivity index (χ2n) is 5.35. The molecule has 0 saturated carbocycles. The Bertz CT molecular complexity index is 501. The maximum atomic E-state index is 12.2. The highest BCUT2D eigenvalue weighted by molar-refractivity contribution is 7.99. The number of piperidine rings is 1. The van der Waals surface area contributed by atoms with Crippen LogP contribution in [0.2, 0.25) is 0 Å². The Kier molecular flexibility index (Phi) is 5.67. The summed E-state index contributed by atoms with van der Waals surface area (Å²) in [5, 5.41) is 9.19. The number of aliphatic carboxylic acids is 1. The smallest absolute Gasteiger partial charge is 0.326 e. The molecule has 5 heteroatoms. The third kappa shape index (κ3) is 4.49. The summed E-state index contributed by atoms with van der Waals surface area (Å²) in [7, 11) is 0. The van der Waals surface area contributed by atoms with E-state index >= 15 is 0 Å². The van der Waals surface area contributed by atoms with Gasteiger partial charge in [-0.3, -0.25) is 4.79 Å². The van der Waals surface area contributed by atoms with E-state index in [1.165, 1.54) is 5.56 Å². The average molecular weight is 307 g/mol. The van der Waals surface area contributed by atoms with E-state index in [9.17, 15) is 14.7 Å². The van der Waals surface area contributed by atoms with Gasteiger partial charge in [-0.15, -0.1) is 11.8 Å². The molecular formula is C16H21NO3S. The minimum absolute atomic E-state index is 0.0401. The van der Waals surface area contributed by atoms with Crippen molar-refractivity contribution in [3.63, 3.8) is 0 Å². The summed E-state index contributed by atoms with van der Waals surface area (Å²) < 4.78 is 0. The molecule has 114 valence electrons. The molecule has 0 bridgehead atoms. The maximum Gasteiger partial charge on any atom is 0.326 e. The second kappa shape index (κ2) is 7.50. The summed E-state index contributed by atoms with van der Waals surface area (Å²) in [5.41, 5.74) is 1.22. The van der Waals surface area contributed by atoms with Crippen LogP contribution in [-0.2, 0) is 9.59 Å². The molecule has 1 aromatic carbocycles. The van der Waals surface area contributed by atoms with E-state index in [0.717, 1.165) is 17.7 Å². The standard InChI is InChI=1S/C16H21NO3S/c1-12-5-7-13(8-6-12)21-11-9-15(18)17-10-3-2-4-14(17)16(19)20/h5-8,14H,2-4,9-11H2,1H3,(H,19,20)/t14-/m1/s1. The zero-order valence-electron chi connectivity index (χ0n) is 12.2. The molecule has 0 aliphatic carbocycles. The van der Waals surface area contributed by atoms with Gasteiger partial charge in [0.15, 0.2) is 0 Å². The van der Waals surface area contributed by atoms with Gasteiger partial charge in [-0.25, -0.2) is 4.79 Å². The molecule has 1 N–H and O–H groups in total. The fraction of sp³-hybridized carbons (Fsp3) is 0.500. The number of carboxylic acids is 1. The number of carboxylic acid groups (broad SMARTS) is 1. The molecule has 1 aliphatic heterocycles. The van der Waals surface area contributed by atoms with Crippen molar-refractivity contribution in [1.82, 2.24) is 4.90 Å². The quantitative estimate of drug-likeness (QED) is 0.850. The first-order valence-electron chi connectivity index (χ1n) is 7.29. The van der Waals surface area contributed by atoms with Crippen LogP contribution in [0.25, 0.3) is 0 Å². The van der Waals surface area contributed by atoms with Crippen LogP contribution in [0.3, 0.4) is 0 Å². The SMILES string of the molecule is Cc1ccc(SCCC(=O)N2CCCC[C@@H]2C(=O)O)cc1. The molecule has 1 heterocycles. The average Bonchev–Trinajstić information content (AvgIpc) is 2.49. The van der Waals surface area contributed by atoms with Gasteiger partial charge in [0, 0.05) is 23.6 Å². The largest absolute Gasteiger partial charge is 0.480 e. The first kappa shape index (κ1) is 15.9. The van der Waals surface area contributed by atoms with E-state index in [0.29, 0.717) is 25.1 Å². The lowest BCUT2D eigenvalue weighted by Gasteiger charge is -2.33. The van der Waals surface area contributed by atoms with E-state index in [1.807, 2.05) is 19.1 Å². The number of amides is 1. The van der Waals surface area contributed by atoms with Crippen LogP contribution in [0, 0.1) is 6.92 Å². The molecule has 2 rings (SSSR count). The molecule has 0 radical (unpaired) electrons. The van der Waals surface area contributed by atoms with E-state index < -0.39 is 12.0 Å². The van der Waals surface area contributed by atoms with Gasteiger partial charge in [-0.05, 0) is 38.3 Å². The number of nitrogens with zero attached hydrogens (tertiary/aromatic N) is 1. The topological polar surface area (TPSA) is 57.6 Å². The zero-order chi connectivity index (χ0) is 15.2. The van der Waals surface area contributed by atoms with Gasteiger partial charge in [-0.1, -0.05) is 17.7 Å². The number of thioether (sulfide) groups is 1. The van der Waals surface area contributed by atoms with Crippen LogP contribution in [0.15, 0.2) is 29.2 Å². The minimum Gasteiger partial charge on any atom is -0.480 e. The minimum atomic E-state index is -0.880. The molecule has 1 aromatic rings. The van der Waals surface area contributed by atoms with Crippen molar-refractivity contribution < 1.29 is 14.7 Å². The number of carbonyl (C=O) groups is 2. The van der Waals surface area contributed by atoms with Gasteiger partial charge in [0.05, 0.1) is 0 Å². The van der Waals surface area contributed by atoms with Crippen LogP contribution >= 0.6 is 11.8 Å². The summed E-state index contributed by atoms with van der Waals surface area (Å²) in [6.07, 6.45) is 2.76. The number of carbonyl (C=O) groups excluding carboxylic acids is 1. The van der Waals surface area contributed by atoms with Gasteiger partial charge in [0.25, 0.3) is 0 Å². The third-order valence-corrected chi connectivity index (χ3v) is 4.73. The van der Waals surface area contributed by atoms with Gasteiger partial charge >= 0.3 is 5.97 Å². The van der Waals surface area contributed by atoms with Crippen molar-refractivity contribution in [3.8, 4) is 0 Å². The molecule has 21 heavy (non-hydrogen) atoms. The van der Waals surface area contributed by atoms with E-state index in [2.05, 4.69) is 12.1 Å². The molecule has 1 fully saturated rings. The van der Waals surface area contributed by atoms with Crippen LogP contribution in [-0.4, -0.2) is 40.2 Å². The Hall–Kier alpha value is -1.49. The van der Waals surface area contributed by atoms with Crippen molar-refractivity contribution in [3.05, 3.63) is 29.8 Å². The maximum absolute atomic E-state index is 12.2. The molecule has 1 aliphatic rings. The Morgan fingerprint density at radius 1 is 1.29 bits per heavy atom. The summed E-state index contributed by atoms with van der Waals surface area (Å²) in [4.78, 5) is 26.1. The number of aryl methyl sites for hydroxylation is 1. The molecule has 0 aromatic heterocycles. The molecule has 0 unspecified atom stereocenters. The second-order valence-corrected chi connectivity index (χ2v) is 6.52. The lowest BCUT2D eigenvalue weighted by atomic mass is 10.0. The first-order chi connectivity index (χ1) is 10.1. The van der Waals surface area contributed by atoms with Gasteiger partial charge < -0.3 is 10.0 Å². The molecule has 0 spiro atoms. The number of likely N-dealkylation sites (tertiary alicyclic amines) is 1. The van der Waals surface area contributed by atoms with E-state index in [4.69, 9.17) is 0 Å². The zero-order valence-corrected chi connectivity index (χ0v) is 13.1. The first-order valence-corrected chi connectivity index (χ1v) is 8.28. The lowest BCUT2D eigenvalue weighted by molar-refractivity contribution is -0.151. The summed E-state index contributed by atoms with van der Waals surface area (Å²) in [5.74, 6) is -0.235. The Morgan fingerprint density at radius 3 is 2.67 bits per heavy atom. The van der Waals surface area contributed by atoms with Crippen molar-refractivity contribution in [2.45, 2.75) is 43.5 Å². The summed E-state index contributed by atoms with van der Waals surface area (Å²) in [6, 6.07) is 7.57.